The highest BCUT2D eigenvalue weighted by Crippen LogP contribution is 2.34. The van der Waals surface area contributed by atoms with Gasteiger partial charge in [0.15, 0.2) is 0 Å². The van der Waals surface area contributed by atoms with Crippen LogP contribution in [-0.2, 0) is 0 Å². The molecule has 6 rings (SSSR count). The Bertz CT molecular complexity index is 2010. The Balaban J connectivity index is 0.00000134. The molecule has 0 fully saturated rings. The Kier molecular flexibility index (Phi) is 19.8. The number of hydrazone groups is 2. The molecular weight excluding hydrogens is 683 g/mol. The summed E-state index contributed by atoms with van der Waals surface area (Å²) in [6, 6.07) is 57.8. The number of allylic oxidation sites excluding steroid dienone is 3. The molecule has 6 aromatic carbocycles. The van der Waals surface area contributed by atoms with Crippen LogP contribution in [0.25, 0.3) is 12.2 Å². The number of rotatable bonds is 13. The fraction of sp³-hybridized carbons (Fsp3) is 0.137. The highest BCUT2D eigenvalue weighted by Gasteiger charge is 2.12. The summed E-state index contributed by atoms with van der Waals surface area (Å²) in [7, 11) is 0. The Morgan fingerprint density at radius 2 is 0.732 bits per heavy atom. The minimum Gasteiger partial charge on any atom is -0.311 e. The molecule has 0 saturated heterocycles. The average Bonchev–Trinajstić information content (AvgIpc) is 3.28. The minimum atomic E-state index is 0.845. The molecule has 0 aromatic heterocycles. The molecule has 56 heavy (non-hydrogen) atoms. The number of benzene rings is 6. The van der Waals surface area contributed by atoms with Crippen molar-refractivity contribution in [3.63, 3.8) is 0 Å². The maximum atomic E-state index is 4.76. The van der Waals surface area contributed by atoms with Crippen LogP contribution in [0, 0.1) is 0 Å². The topological polar surface area (TPSA) is 34.4 Å². The molecule has 0 radical (unpaired) electrons. The van der Waals surface area contributed by atoms with Crippen LogP contribution in [0.5, 0.6) is 0 Å². The van der Waals surface area contributed by atoms with Crippen molar-refractivity contribution in [2.45, 2.75) is 48.5 Å². The lowest BCUT2D eigenvalue weighted by molar-refractivity contribution is 1.01. The average molecular weight is 740 g/mol. The van der Waals surface area contributed by atoms with E-state index in [0.717, 1.165) is 50.9 Å². The summed E-state index contributed by atoms with van der Waals surface area (Å²) in [6.07, 6.45) is 11.6. The fourth-order valence-electron chi connectivity index (χ4n) is 5.39. The number of nitrogens with zero attached hydrogens (tertiary/aromatic N) is 5. The molecule has 0 heterocycles. The quantitative estimate of drug-likeness (QED) is 0.0874. The second-order valence-corrected chi connectivity index (χ2v) is 11.5. The number of anilines is 6. The fourth-order valence-corrected chi connectivity index (χ4v) is 5.39. The first-order chi connectivity index (χ1) is 27.7. The number of hydrogen-bond acceptors (Lipinski definition) is 5. The lowest BCUT2D eigenvalue weighted by Crippen LogP contribution is -2.12. The van der Waals surface area contributed by atoms with Gasteiger partial charge in [-0.25, -0.2) is 10.0 Å². The number of para-hydroxylation sites is 4. The molecule has 5 heteroatoms. The first-order valence-electron chi connectivity index (χ1n) is 19.5. The lowest BCUT2D eigenvalue weighted by Gasteiger charge is -2.25. The Morgan fingerprint density at radius 1 is 0.411 bits per heavy atom. The zero-order chi connectivity index (χ0) is 40.4. The largest absolute Gasteiger partial charge is 0.311 e. The smallest absolute Gasteiger partial charge is 0.0652 e. The van der Waals surface area contributed by atoms with Crippen molar-refractivity contribution in [2.75, 3.05) is 14.9 Å². The first-order valence-corrected chi connectivity index (χ1v) is 19.5. The van der Waals surface area contributed by atoms with Gasteiger partial charge < -0.3 is 4.90 Å². The van der Waals surface area contributed by atoms with Gasteiger partial charge >= 0.3 is 0 Å². The highest BCUT2D eigenvalue weighted by molar-refractivity contribution is 5.83. The van der Waals surface area contributed by atoms with Crippen LogP contribution in [0.2, 0.25) is 0 Å². The predicted octanol–water partition coefficient (Wildman–Crippen LogP) is 15.1. The van der Waals surface area contributed by atoms with Gasteiger partial charge in [-0.3, -0.25) is 0 Å². The Hall–Kier alpha value is -6.72. The molecule has 0 saturated carbocycles. The monoisotopic (exact) mass is 739 g/mol. The Morgan fingerprint density at radius 3 is 1.11 bits per heavy atom. The Labute approximate surface area is 336 Å². The van der Waals surface area contributed by atoms with Crippen molar-refractivity contribution in [1.29, 1.82) is 0 Å². The van der Waals surface area contributed by atoms with E-state index in [1.54, 1.807) is 6.21 Å². The SMILES string of the molecule is C=C(C)N(/N=C/C=C/c1ccc(N(c2ccccc2)c2ccc(/C=C/C=N/N(c3ccccc3)c3ccccc3)cc2)cc1)c1ccccc1.CC.CC.CC. The minimum absolute atomic E-state index is 0.845. The van der Waals surface area contributed by atoms with Gasteiger partial charge in [-0.1, -0.05) is 157 Å². The molecule has 0 unspecified atom stereocenters. The third kappa shape index (κ3) is 13.3. The zero-order valence-electron chi connectivity index (χ0n) is 34.1. The van der Waals surface area contributed by atoms with E-state index in [1.807, 2.05) is 156 Å². The summed E-state index contributed by atoms with van der Waals surface area (Å²) in [5.74, 6) is 0. The van der Waals surface area contributed by atoms with E-state index >= 15 is 0 Å². The van der Waals surface area contributed by atoms with Crippen molar-refractivity contribution >= 4 is 58.7 Å². The van der Waals surface area contributed by atoms with Crippen molar-refractivity contribution < 1.29 is 0 Å². The van der Waals surface area contributed by atoms with Crippen LogP contribution >= 0.6 is 0 Å². The molecule has 0 spiro atoms. The van der Waals surface area contributed by atoms with E-state index in [-0.39, 0.29) is 0 Å². The van der Waals surface area contributed by atoms with Crippen LogP contribution in [0.4, 0.5) is 34.1 Å². The van der Waals surface area contributed by atoms with Gasteiger partial charge in [0.05, 0.1) is 17.1 Å². The molecule has 0 aliphatic rings. The second kappa shape index (κ2) is 25.3. The van der Waals surface area contributed by atoms with Crippen molar-refractivity contribution in [3.05, 3.63) is 205 Å². The molecule has 6 aromatic rings. The van der Waals surface area contributed by atoms with E-state index in [0.29, 0.717) is 0 Å². The van der Waals surface area contributed by atoms with Gasteiger partial charge in [0.1, 0.15) is 0 Å². The van der Waals surface area contributed by atoms with E-state index in [1.165, 1.54) is 0 Å². The van der Waals surface area contributed by atoms with Crippen molar-refractivity contribution in [1.82, 2.24) is 0 Å². The molecule has 0 aliphatic carbocycles. The third-order valence-corrected chi connectivity index (χ3v) is 7.79. The predicted molar refractivity (Wildman–Crippen MR) is 249 cm³/mol. The van der Waals surface area contributed by atoms with Crippen LogP contribution in [-0.4, -0.2) is 12.4 Å². The van der Waals surface area contributed by atoms with Crippen LogP contribution in [0.1, 0.15) is 59.6 Å². The molecule has 286 valence electrons. The molecule has 0 amide bonds. The summed E-state index contributed by atoms with van der Waals surface area (Å²) in [4.78, 5) is 2.26. The third-order valence-electron chi connectivity index (χ3n) is 7.79. The highest BCUT2D eigenvalue weighted by atomic mass is 15.5. The molecule has 0 atom stereocenters. The van der Waals surface area contributed by atoms with E-state index < -0.39 is 0 Å². The van der Waals surface area contributed by atoms with Gasteiger partial charge in [0, 0.05) is 35.2 Å². The van der Waals surface area contributed by atoms with Crippen LogP contribution in [0.3, 0.4) is 0 Å². The maximum absolute atomic E-state index is 4.76. The second-order valence-electron chi connectivity index (χ2n) is 11.5. The van der Waals surface area contributed by atoms with Gasteiger partial charge in [0.25, 0.3) is 0 Å². The summed E-state index contributed by atoms with van der Waals surface area (Å²) in [6.45, 7) is 18.0. The summed E-state index contributed by atoms with van der Waals surface area (Å²) >= 11 is 0. The molecule has 5 nitrogen and oxygen atoms in total. The molecular formula is C51H57N5. The van der Waals surface area contributed by atoms with E-state index in [2.05, 4.69) is 120 Å². The van der Waals surface area contributed by atoms with E-state index in [9.17, 15) is 0 Å². The lowest BCUT2D eigenvalue weighted by atomic mass is 10.1. The molecule has 0 bridgehead atoms. The number of hydrogen-bond donors (Lipinski definition) is 0. The van der Waals surface area contributed by atoms with Crippen LogP contribution in [0.15, 0.2) is 204 Å². The maximum Gasteiger partial charge on any atom is 0.0652 e. The van der Waals surface area contributed by atoms with Gasteiger partial charge in [0.2, 0.25) is 0 Å². The van der Waals surface area contributed by atoms with Crippen molar-refractivity contribution in [2.24, 2.45) is 10.2 Å². The van der Waals surface area contributed by atoms with Gasteiger partial charge in [-0.2, -0.15) is 10.2 Å². The summed E-state index contributed by atoms with van der Waals surface area (Å²) in [5.41, 5.74) is 9.20. The van der Waals surface area contributed by atoms with Crippen molar-refractivity contribution in [3.8, 4) is 0 Å². The first kappa shape index (κ1) is 43.7. The van der Waals surface area contributed by atoms with Crippen LogP contribution < -0.4 is 14.9 Å². The summed E-state index contributed by atoms with van der Waals surface area (Å²) < 4.78 is 0. The molecule has 0 aliphatic heterocycles. The van der Waals surface area contributed by atoms with Gasteiger partial charge in [-0.15, -0.1) is 0 Å². The summed E-state index contributed by atoms with van der Waals surface area (Å²) in [5, 5.41) is 13.1. The van der Waals surface area contributed by atoms with Gasteiger partial charge in [-0.05, 0) is 103 Å². The zero-order valence-corrected chi connectivity index (χ0v) is 34.1. The van der Waals surface area contributed by atoms with E-state index in [4.69, 9.17) is 5.10 Å². The normalized spacial score (nSPS) is 10.6. The standard InChI is InChI=1S/C45H39N5.3C2H6/c1-37(2)49(43-21-9-4-10-22-43)46-35-15-17-38-27-31-41(32-28-38)48(40-19-7-3-8-20-40)42-33-29-39(30-34-42)18-16-36-47-50(44-23-11-5-12-24-44)45-25-13-6-14-26-45;3*1-2/h3-36H,1H2,2H3;3*1-2H3/b17-15+,18-16+,46-35+,47-36+;;;. The molecule has 0 N–H and O–H groups in total.